The minimum absolute atomic E-state index is 0.0681. The molecule has 4 rings (SSSR count). The lowest BCUT2D eigenvalue weighted by Gasteiger charge is -2.14. The SMILES string of the molecule is Cc1cccc(NC(=O)CSc2nnc(-c3ccoc3C)n2C[C@@H]2CCCO2)c1C. The Morgan fingerprint density at radius 1 is 1.27 bits per heavy atom. The molecule has 1 aliphatic rings. The van der Waals surface area contributed by atoms with Crippen molar-refractivity contribution in [2.24, 2.45) is 0 Å². The third-order valence-electron chi connectivity index (χ3n) is 5.44. The van der Waals surface area contributed by atoms with Crippen LogP contribution in [-0.4, -0.2) is 39.1 Å². The summed E-state index contributed by atoms with van der Waals surface area (Å²) >= 11 is 1.38. The number of hydrogen-bond donors (Lipinski definition) is 1. The van der Waals surface area contributed by atoms with Crippen LogP contribution in [0.2, 0.25) is 0 Å². The maximum absolute atomic E-state index is 12.6. The molecule has 1 N–H and O–H groups in total. The van der Waals surface area contributed by atoms with Crippen molar-refractivity contribution >= 4 is 23.4 Å². The highest BCUT2D eigenvalue weighted by atomic mass is 32.2. The fourth-order valence-corrected chi connectivity index (χ4v) is 4.32. The Kier molecular flexibility index (Phi) is 6.24. The summed E-state index contributed by atoms with van der Waals surface area (Å²) in [5.41, 5.74) is 3.98. The van der Waals surface area contributed by atoms with Crippen molar-refractivity contribution in [3.05, 3.63) is 47.4 Å². The smallest absolute Gasteiger partial charge is 0.234 e. The molecular weight excluding hydrogens is 400 g/mol. The quantitative estimate of drug-likeness (QED) is 0.565. The van der Waals surface area contributed by atoms with E-state index in [1.54, 1.807) is 6.26 Å². The molecule has 0 aliphatic carbocycles. The van der Waals surface area contributed by atoms with Gasteiger partial charge in [0.1, 0.15) is 5.76 Å². The van der Waals surface area contributed by atoms with E-state index in [-0.39, 0.29) is 17.8 Å². The van der Waals surface area contributed by atoms with Crippen LogP contribution in [0.5, 0.6) is 0 Å². The Labute approximate surface area is 180 Å². The van der Waals surface area contributed by atoms with Gasteiger partial charge in [-0.2, -0.15) is 0 Å². The Morgan fingerprint density at radius 2 is 2.13 bits per heavy atom. The molecule has 7 nitrogen and oxygen atoms in total. The molecule has 1 amide bonds. The van der Waals surface area contributed by atoms with Gasteiger partial charge in [0.25, 0.3) is 0 Å². The van der Waals surface area contributed by atoms with Gasteiger partial charge in [0, 0.05) is 12.3 Å². The fourth-order valence-electron chi connectivity index (χ4n) is 3.57. The van der Waals surface area contributed by atoms with E-state index in [2.05, 4.69) is 15.5 Å². The summed E-state index contributed by atoms with van der Waals surface area (Å²) in [6, 6.07) is 7.80. The van der Waals surface area contributed by atoms with Crippen molar-refractivity contribution in [1.82, 2.24) is 14.8 Å². The molecule has 0 saturated carbocycles. The predicted octanol–water partition coefficient (Wildman–Crippen LogP) is 4.37. The summed E-state index contributed by atoms with van der Waals surface area (Å²) in [7, 11) is 0. The molecule has 0 bridgehead atoms. The minimum atomic E-state index is -0.0681. The molecule has 30 heavy (non-hydrogen) atoms. The summed E-state index contributed by atoms with van der Waals surface area (Å²) in [5.74, 6) is 1.72. The summed E-state index contributed by atoms with van der Waals surface area (Å²) in [6.45, 7) is 7.40. The summed E-state index contributed by atoms with van der Waals surface area (Å²) < 4.78 is 13.3. The van der Waals surface area contributed by atoms with Crippen LogP contribution >= 0.6 is 11.8 Å². The Balaban J connectivity index is 1.50. The van der Waals surface area contributed by atoms with Gasteiger partial charge in [-0.05, 0) is 56.9 Å². The number of amides is 1. The van der Waals surface area contributed by atoms with E-state index in [4.69, 9.17) is 9.15 Å². The molecule has 3 heterocycles. The number of carbonyl (C=O) groups is 1. The first-order chi connectivity index (χ1) is 14.5. The molecule has 1 fully saturated rings. The van der Waals surface area contributed by atoms with Gasteiger partial charge in [-0.15, -0.1) is 10.2 Å². The number of rotatable bonds is 7. The zero-order chi connectivity index (χ0) is 21.1. The molecular formula is C22H26N4O3S. The zero-order valence-electron chi connectivity index (χ0n) is 17.5. The molecule has 0 unspecified atom stereocenters. The van der Waals surface area contributed by atoms with Gasteiger partial charge in [-0.1, -0.05) is 23.9 Å². The molecule has 3 aromatic rings. The average molecular weight is 427 g/mol. The molecule has 0 radical (unpaired) electrons. The van der Waals surface area contributed by atoms with Crippen molar-refractivity contribution in [3.8, 4) is 11.4 Å². The number of hydrogen-bond acceptors (Lipinski definition) is 6. The summed E-state index contributed by atoms with van der Waals surface area (Å²) in [6.07, 6.45) is 3.86. The van der Waals surface area contributed by atoms with Crippen molar-refractivity contribution in [2.45, 2.75) is 51.4 Å². The first-order valence-electron chi connectivity index (χ1n) is 10.1. The topological polar surface area (TPSA) is 82.2 Å². The molecule has 8 heteroatoms. The van der Waals surface area contributed by atoms with E-state index in [1.165, 1.54) is 11.8 Å². The second-order valence-electron chi connectivity index (χ2n) is 7.53. The van der Waals surface area contributed by atoms with Gasteiger partial charge in [-0.3, -0.25) is 9.36 Å². The van der Waals surface area contributed by atoms with Gasteiger partial charge in [0.15, 0.2) is 11.0 Å². The molecule has 0 spiro atoms. The van der Waals surface area contributed by atoms with Crippen LogP contribution < -0.4 is 5.32 Å². The highest BCUT2D eigenvalue weighted by Crippen LogP contribution is 2.29. The largest absolute Gasteiger partial charge is 0.469 e. The lowest BCUT2D eigenvalue weighted by Crippen LogP contribution is -2.18. The number of nitrogens with one attached hydrogen (secondary N) is 1. The number of nitrogens with zero attached hydrogens (tertiary/aromatic N) is 3. The van der Waals surface area contributed by atoms with Crippen molar-refractivity contribution in [3.63, 3.8) is 0 Å². The number of anilines is 1. The molecule has 1 aliphatic heterocycles. The predicted molar refractivity (Wildman–Crippen MR) is 117 cm³/mol. The summed E-state index contributed by atoms with van der Waals surface area (Å²) in [4.78, 5) is 12.6. The normalized spacial score (nSPS) is 16.2. The number of furan rings is 1. The van der Waals surface area contributed by atoms with Crippen LogP contribution in [0.4, 0.5) is 5.69 Å². The second kappa shape index (κ2) is 9.06. The third kappa shape index (κ3) is 4.44. The number of carbonyl (C=O) groups excluding carboxylic acids is 1. The molecule has 158 valence electrons. The van der Waals surface area contributed by atoms with Crippen LogP contribution in [-0.2, 0) is 16.1 Å². The van der Waals surface area contributed by atoms with Crippen LogP contribution in [0, 0.1) is 20.8 Å². The summed E-state index contributed by atoms with van der Waals surface area (Å²) in [5, 5.41) is 12.5. The number of thioether (sulfide) groups is 1. The Bertz CT molecular complexity index is 1040. The lowest BCUT2D eigenvalue weighted by molar-refractivity contribution is -0.113. The molecule has 1 saturated heterocycles. The average Bonchev–Trinajstić information content (AvgIpc) is 3.46. The van der Waals surface area contributed by atoms with E-state index in [9.17, 15) is 4.79 Å². The van der Waals surface area contributed by atoms with Crippen molar-refractivity contribution in [2.75, 3.05) is 17.7 Å². The minimum Gasteiger partial charge on any atom is -0.469 e. The highest BCUT2D eigenvalue weighted by Gasteiger charge is 2.23. The molecule has 1 aromatic carbocycles. The zero-order valence-corrected chi connectivity index (χ0v) is 18.3. The van der Waals surface area contributed by atoms with E-state index in [1.807, 2.05) is 49.6 Å². The van der Waals surface area contributed by atoms with Crippen LogP contribution in [0.25, 0.3) is 11.4 Å². The Morgan fingerprint density at radius 3 is 2.87 bits per heavy atom. The maximum Gasteiger partial charge on any atom is 0.234 e. The third-order valence-corrected chi connectivity index (χ3v) is 6.40. The number of aryl methyl sites for hydroxylation is 2. The van der Waals surface area contributed by atoms with Crippen LogP contribution in [0.3, 0.4) is 0 Å². The van der Waals surface area contributed by atoms with E-state index in [0.29, 0.717) is 11.7 Å². The van der Waals surface area contributed by atoms with Gasteiger partial charge >= 0.3 is 0 Å². The van der Waals surface area contributed by atoms with Gasteiger partial charge in [-0.25, -0.2) is 0 Å². The standard InChI is InChI=1S/C22H26N4O3S/c1-14-6-4-8-19(15(14)2)23-20(27)13-30-22-25-24-21(18-9-11-28-16(18)3)26(22)12-17-7-5-10-29-17/h4,6,8-9,11,17H,5,7,10,12-13H2,1-3H3,(H,23,27)/t17-/m0/s1. The van der Waals surface area contributed by atoms with E-state index in [0.717, 1.165) is 53.4 Å². The van der Waals surface area contributed by atoms with Gasteiger partial charge in [0.2, 0.25) is 5.91 Å². The van der Waals surface area contributed by atoms with Crippen LogP contribution in [0.1, 0.15) is 29.7 Å². The first kappa shape index (κ1) is 20.7. The monoisotopic (exact) mass is 426 g/mol. The first-order valence-corrected chi connectivity index (χ1v) is 11.1. The number of aromatic nitrogens is 3. The van der Waals surface area contributed by atoms with Crippen LogP contribution in [0.15, 0.2) is 40.1 Å². The number of ether oxygens (including phenoxy) is 1. The second-order valence-corrected chi connectivity index (χ2v) is 8.47. The van der Waals surface area contributed by atoms with E-state index >= 15 is 0 Å². The maximum atomic E-state index is 12.6. The fraction of sp³-hybridized carbons (Fsp3) is 0.409. The lowest BCUT2D eigenvalue weighted by atomic mass is 10.1. The number of benzene rings is 1. The molecule has 1 atom stereocenters. The van der Waals surface area contributed by atoms with Crippen molar-refractivity contribution in [1.29, 1.82) is 0 Å². The van der Waals surface area contributed by atoms with Gasteiger partial charge in [0.05, 0.1) is 30.2 Å². The van der Waals surface area contributed by atoms with E-state index < -0.39 is 0 Å². The van der Waals surface area contributed by atoms with Crippen molar-refractivity contribution < 1.29 is 13.9 Å². The highest BCUT2D eigenvalue weighted by molar-refractivity contribution is 7.99. The molecule has 2 aromatic heterocycles. The Hall–Kier alpha value is -2.58. The van der Waals surface area contributed by atoms with Gasteiger partial charge < -0.3 is 14.5 Å².